The van der Waals surface area contributed by atoms with Crippen molar-refractivity contribution >= 4 is 11.7 Å². The molecule has 0 radical (unpaired) electrons. The quantitative estimate of drug-likeness (QED) is 0.219. The van der Waals surface area contributed by atoms with Crippen LogP contribution in [0.1, 0.15) is 36.0 Å². The van der Waals surface area contributed by atoms with Gasteiger partial charge < -0.3 is 24.4 Å². The Morgan fingerprint density at radius 2 is 1.78 bits per heavy atom. The van der Waals surface area contributed by atoms with Crippen LogP contribution >= 0.6 is 0 Å². The van der Waals surface area contributed by atoms with Crippen molar-refractivity contribution in [1.29, 1.82) is 0 Å². The van der Waals surface area contributed by atoms with Crippen molar-refractivity contribution in [2.45, 2.75) is 44.4 Å². The maximum atomic E-state index is 13.8. The number of methoxy groups -OCH3 is 1. The molecule has 5 rings (SSSR count). The van der Waals surface area contributed by atoms with Crippen LogP contribution in [0.15, 0.2) is 66.7 Å². The van der Waals surface area contributed by atoms with Gasteiger partial charge in [0.05, 0.1) is 13.7 Å². The fourth-order valence-electron chi connectivity index (χ4n) is 4.89. The van der Waals surface area contributed by atoms with E-state index in [1.807, 2.05) is 54.6 Å². The number of hydrogen-bond donors (Lipinski definition) is 1. The summed E-state index contributed by atoms with van der Waals surface area (Å²) in [6.45, 7) is 1.69. The molecule has 3 aromatic rings. The number of nitrogens with zero attached hydrogens (tertiary/aromatic N) is 1. The minimum absolute atomic E-state index is 0.0428. The van der Waals surface area contributed by atoms with Gasteiger partial charge in [-0.2, -0.15) is 4.39 Å². The number of aryl methyl sites for hydroxylation is 1. The van der Waals surface area contributed by atoms with Gasteiger partial charge in [0.1, 0.15) is 11.9 Å². The molecule has 0 saturated heterocycles. The third kappa shape index (κ3) is 7.21. The molecule has 1 aliphatic heterocycles. The smallest absolute Gasteiger partial charge is 0.410 e. The van der Waals surface area contributed by atoms with Gasteiger partial charge in [-0.3, -0.25) is 0 Å². The molecule has 1 N–H and O–H groups in total. The van der Waals surface area contributed by atoms with E-state index < -0.39 is 29.3 Å². The molecule has 41 heavy (non-hydrogen) atoms. The van der Waals surface area contributed by atoms with Crippen molar-refractivity contribution in [3.05, 3.63) is 101 Å². The SMILES string of the molecule is COc1cccc(CN(C(=O)OC2CNCC=C2c2ccc(CCCOc3c(F)ccc(F)c3F)cc2)C2CC2)c1. The van der Waals surface area contributed by atoms with Crippen molar-refractivity contribution in [2.24, 2.45) is 0 Å². The molecule has 1 fully saturated rings. The Morgan fingerprint density at radius 1 is 1.00 bits per heavy atom. The van der Waals surface area contributed by atoms with Crippen LogP contribution in [-0.2, 0) is 17.7 Å². The second-order valence-electron chi connectivity index (χ2n) is 10.2. The number of rotatable bonds is 11. The summed E-state index contributed by atoms with van der Waals surface area (Å²) in [5.74, 6) is -3.34. The van der Waals surface area contributed by atoms with Crippen molar-refractivity contribution in [1.82, 2.24) is 10.2 Å². The Balaban J connectivity index is 1.17. The molecule has 1 amide bonds. The van der Waals surface area contributed by atoms with Crippen LogP contribution in [-0.4, -0.2) is 49.9 Å². The zero-order valence-electron chi connectivity index (χ0n) is 22.9. The lowest BCUT2D eigenvalue weighted by atomic mass is 9.96. The normalized spacial score (nSPS) is 16.6. The summed E-state index contributed by atoms with van der Waals surface area (Å²) in [6, 6.07) is 17.4. The fraction of sp³-hybridized carbons (Fsp3) is 0.344. The maximum absolute atomic E-state index is 13.8. The van der Waals surface area contributed by atoms with Crippen LogP contribution in [0.3, 0.4) is 0 Å². The second kappa shape index (κ2) is 13.1. The molecule has 1 heterocycles. The zero-order chi connectivity index (χ0) is 28.8. The predicted molar refractivity (Wildman–Crippen MR) is 149 cm³/mol. The van der Waals surface area contributed by atoms with E-state index >= 15 is 0 Å². The molecule has 3 aromatic carbocycles. The van der Waals surface area contributed by atoms with Gasteiger partial charge >= 0.3 is 6.09 Å². The first-order valence-electron chi connectivity index (χ1n) is 13.8. The van der Waals surface area contributed by atoms with Gasteiger partial charge in [0, 0.05) is 25.7 Å². The summed E-state index contributed by atoms with van der Waals surface area (Å²) in [5.41, 5.74) is 3.90. The third-order valence-electron chi connectivity index (χ3n) is 7.24. The fourth-order valence-corrected chi connectivity index (χ4v) is 4.89. The Kier molecular flexibility index (Phi) is 9.14. The Bertz CT molecular complexity index is 1390. The van der Waals surface area contributed by atoms with Gasteiger partial charge in [0.2, 0.25) is 5.82 Å². The Labute approximate surface area is 237 Å². The number of ether oxygens (including phenoxy) is 3. The molecule has 0 spiro atoms. The molecule has 6 nitrogen and oxygen atoms in total. The van der Waals surface area contributed by atoms with E-state index in [0.717, 1.165) is 53.0 Å². The van der Waals surface area contributed by atoms with Crippen LogP contribution in [0, 0.1) is 17.5 Å². The number of halogens is 3. The topological polar surface area (TPSA) is 60.0 Å². The average molecular weight is 567 g/mol. The zero-order valence-corrected chi connectivity index (χ0v) is 22.9. The molecule has 0 bridgehead atoms. The summed E-state index contributed by atoms with van der Waals surface area (Å²) >= 11 is 0. The number of hydrogen-bond acceptors (Lipinski definition) is 5. The maximum Gasteiger partial charge on any atom is 0.410 e. The van der Waals surface area contributed by atoms with Gasteiger partial charge in [0.25, 0.3) is 0 Å². The molecule has 216 valence electrons. The Morgan fingerprint density at radius 3 is 2.54 bits per heavy atom. The molecule has 2 aliphatic rings. The van der Waals surface area contributed by atoms with Crippen molar-refractivity contribution in [2.75, 3.05) is 26.8 Å². The van der Waals surface area contributed by atoms with Gasteiger partial charge in [0.15, 0.2) is 17.4 Å². The molecule has 1 saturated carbocycles. The largest absolute Gasteiger partial charge is 0.497 e. The highest BCUT2D eigenvalue weighted by Crippen LogP contribution is 2.31. The summed E-state index contributed by atoms with van der Waals surface area (Å²) in [5, 5.41) is 3.28. The van der Waals surface area contributed by atoms with Crippen molar-refractivity contribution < 1.29 is 32.2 Å². The van der Waals surface area contributed by atoms with Gasteiger partial charge in [-0.25, -0.2) is 13.6 Å². The molecule has 1 unspecified atom stereocenters. The van der Waals surface area contributed by atoms with Crippen molar-refractivity contribution in [3.63, 3.8) is 0 Å². The highest BCUT2D eigenvalue weighted by molar-refractivity contribution is 5.75. The van der Waals surface area contributed by atoms with E-state index in [1.165, 1.54) is 0 Å². The minimum Gasteiger partial charge on any atom is -0.497 e. The molecular formula is C32H33F3N2O4. The van der Waals surface area contributed by atoms with E-state index in [0.29, 0.717) is 32.5 Å². The van der Waals surface area contributed by atoms with E-state index in [1.54, 1.807) is 12.0 Å². The first-order chi connectivity index (χ1) is 19.9. The summed E-state index contributed by atoms with van der Waals surface area (Å²) in [6.07, 6.45) is 4.29. The van der Waals surface area contributed by atoms with Crippen LogP contribution < -0.4 is 14.8 Å². The molecule has 1 aliphatic carbocycles. The monoisotopic (exact) mass is 566 g/mol. The first-order valence-corrected chi connectivity index (χ1v) is 13.8. The van der Waals surface area contributed by atoms with Crippen LogP contribution in [0.25, 0.3) is 5.57 Å². The highest BCUT2D eigenvalue weighted by Gasteiger charge is 2.35. The molecule has 0 aromatic heterocycles. The summed E-state index contributed by atoms with van der Waals surface area (Å²) in [4.78, 5) is 15.1. The molecule has 9 heteroatoms. The summed E-state index contributed by atoms with van der Waals surface area (Å²) < 4.78 is 57.4. The predicted octanol–water partition coefficient (Wildman–Crippen LogP) is 6.28. The lowest BCUT2D eigenvalue weighted by Crippen LogP contribution is -2.41. The number of amides is 1. The van der Waals surface area contributed by atoms with Gasteiger partial charge in [-0.05, 0) is 72.2 Å². The number of benzene rings is 3. The Hall–Kier alpha value is -3.98. The van der Waals surface area contributed by atoms with E-state index in [2.05, 4.69) is 5.32 Å². The molecule has 1 atom stereocenters. The third-order valence-corrected chi connectivity index (χ3v) is 7.24. The van der Waals surface area contributed by atoms with Gasteiger partial charge in [-0.1, -0.05) is 42.5 Å². The summed E-state index contributed by atoms with van der Waals surface area (Å²) in [7, 11) is 1.62. The lowest BCUT2D eigenvalue weighted by Gasteiger charge is -2.29. The lowest BCUT2D eigenvalue weighted by molar-refractivity contribution is 0.0773. The van der Waals surface area contributed by atoms with E-state index in [4.69, 9.17) is 14.2 Å². The number of carbonyl (C=O) groups is 1. The first kappa shape index (κ1) is 28.5. The standard InChI is InChI=1S/C32H33F3N2O4/c1-39-25-6-2-4-22(18-25)20-37(24-11-12-24)32(38)41-29-19-36-16-15-26(29)23-9-7-21(8-10-23)5-3-17-40-31-28(34)14-13-27(33)30(31)35/h2,4,6-10,13-15,18,24,29,36H,3,5,11-12,16-17,19-20H2,1H3. The number of nitrogens with one attached hydrogen (secondary N) is 1. The molecular weight excluding hydrogens is 533 g/mol. The highest BCUT2D eigenvalue weighted by atomic mass is 19.2. The minimum atomic E-state index is -1.32. The van der Waals surface area contributed by atoms with Crippen LogP contribution in [0.5, 0.6) is 11.5 Å². The van der Waals surface area contributed by atoms with Crippen LogP contribution in [0.2, 0.25) is 0 Å². The second-order valence-corrected chi connectivity index (χ2v) is 10.2. The van der Waals surface area contributed by atoms with E-state index in [9.17, 15) is 18.0 Å². The average Bonchev–Trinajstić information content (AvgIpc) is 3.84. The number of carbonyl (C=O) groups excluding carboxylic acids is 1. The van der Waals surface area contributed by atoms with Gasteiger partial charge in [-0.15, -0.1) is 0 Å². The van der Waals surface area contributed by atoms with Crippen LogP contribution in [0.4, 0.5) is 18.0 Å². The van der Waals surface area contributed by atoms with E-state index in [-0.39, 0.29) is 18.7 Å². The van der Waals surface area contributed by atoms with Crippen molar-refractivity contribution in [3.8, 4) is 11.5 Å².